The fraction of sp³-hybridized carbons (Fsp3) is 0.200. The van der Waals surface area contributed by atoms with Gasteiger partial charge in [-0.05, 0) is 43.3 Å². The van der Waals surface area contributed by atoms with Crippen LogP contribution in [0.15, 0.2) is 48.7 Å². The summed E-state index contributed by atoms with van der Waals surface area (Å²) in [5.41, 5.74) is 2.27. The van der Waals surface area contributed by atoms with Gasteiger partial charge in [-0.1, -0.05) is 36.4 Å². The molecule has 19 heavy (non-hydrogen) atoms. The Labute approximate surface area is 119 Å². The molecule has 0 amide bonds. The van der Waals surface area contributed by atoms with Crippen LogP contribution in [0.25, 0.3) is 0 Å². The summed E-state index contributed by atoms with van der Waals surface area (Å²) in [7, 11) is 0. The monoisotopic (exact) mass is 271 g/mol. The van der Waals surface area contributed by atoms with Crippen molar-refractivity contribution in [3.05, 3.63) is 59.8 Å². The van der Waals surface area contributed by atoms with E-state index in [9.17, 15) is 0 Å². The summed E-state index contributed by atoms with van der Waals surface area (Å²) in [5.74, 6) is 0.792. The highest BCUT2D eigenvalue weighted by Crippen LogP contribution is 2.13. The number of hydrogen-bond acceptors (Lipinski definition) is 2. The minimum Gasteiger partial charge on any atom is -0.356 e. The number of aromatic nitrogens is 1. The lowest BCUT2D eigenvalue weighted by Crippen LogP contribution is -2.31. The number of rotatable bonds is 3. The lowest BCUT2D eigenvalue weighted by Gasteiger charge is -2.17. The van der Waals surface area contributed by atoms with Crippen molar-refractivity contribution < 1.29 is 0 Å². The summed E-state index contributed by atoms with van der Waals surface area (Å²) in [5, 5.41) is 6.95. The van der Waals surface area contributed by atoms with Crippen molar-refractivity contribution >= 4 is 23.1 Å². The number of nitrogens with zero attached hydrogens (tertiary/aromatic N) is 1. The smallest absolute Gasteiger partial charge is 0.172 e. The number of benzene rings is 1. The second kappa shape index (κ2) is 6.29. The molecule has 0 saturated carbocycles. The molecule has 0 radical (unpaired) electrons. The van der Waals surface area contributed by atoms with Crippen LogP contribution < -0.4 is 10.6 Å². The normalized spacial score (nSPS) is 11.7. The molecule has 0 unspecified atom stereocenters. The predicted molar refractivity (Wildman–Crippen MR) is 83.2 cm³/mol. The van der Waals surface area contributed by atoms with Crippen LogP contribution in [-0.2, 0) is 0 Å². The maximum absolute atomic E-state index is 5.31. The van der Waals surface area contributed by atoms with E-state index in [4.69, 9.17) is 12.2 Å². The lowest BCUT2D eigenvalue weighted by molar-refractivity contribution is 0.722. The van der Waals surface area contributed by atoms with Crippen LogP contribution in [0.5, 0.6) is 0 Å². The van der Waals surface area contributed by atoms with Gasteiger partial charge < -0.3 is 10.6 Å². The number of nitrogens with one attached hydrogen (secondary N) is 2. The van der Waals surface area contributed by atoms with E-state index < -0.39 is 0 Å². The Hall–Kier alpha value is -1.94. The predicted octanol–water partition coefficient (Wildman–Crippen LogP) is 3.44. The summed E-state index contributed by atoms with van der Waals surface area (Å²) in [4.78, 5) is 4.26. The highest BCUT2D eigenvalue weighted by atomic mass is 32.1. The zero-order chi connectivity index (χ0) is 13.7. The maximum Gasteiger partial charge on any atom is 0.172 e. The van der Waals surface area contributed by atoms with Crippen LogP contribution in [-0.4, -0.2) is 10.1 Å². The van der Waals surface area contributed by atoms with Crippen LogP contribution >= 0.6 is 12.2 Å². The molecule has 1 atom stereocenters. The molecule has 0 fully saturated rings. The summed E-state index contributed by atoms with van der Waals surface area (Å²) in [6.07, 6.45) is 1.75. The summed E-state index contributed by atoms with van der Waals surface area (Å²) in [6.45, 7) is 4.08. The Balaban J connectivity index is 1.97. The largest absolute Gasteiger partial charge is 0.356 e. The average Bonchev–Trinajstić information content (AvgIpc) is 2.42. The Morgan fingerprint density at radius 1 is 1.16 bits per heavy atom. The van der Waals surface area contributed by atoms with E-state index in [0.717, 1.165) is 11.4 Å². The lowest BCUT2D eigenvalue weighted by atomic mass is 10.1. The van der Waals surface area contributed by atoms with Gasteiger partial charge in [0.1, 0.15) is 5.82 Å². The fourth-order valence-corrected chi connectivity index (χ4v) is 2.06. The van der Waals surface area contributed by atoms with Crippen LogP contribution in [0.4, 0.5) is 5.82 Å². The third-order valence-electron chi connectivity index (χ3n) is 2.89. The van der Waals surface area contributed by atoms with Gasteiger partial charge in [-0.3, -0.25) is 0 Å². The first kappa shape index (κ1) is 13.5. The van der Waals surface area contributed by atoms with Gasteiger partial charge in [-0.2, -0.15) is 0 Å². The number of aryl methyl sites for hydroxylation is 1. The van der Waals surface area contributed by atoms with Gasteiger partial charge in [0.2, 0.25) is 0 Å². The van der Waals surface area contributed by atoms with Crippen molar-refractivity contribution in [3.8, 4) is 0 Å². The zero-order valence-corrected chi connectivity index (χ0v) is 11.9. The molecule has 1 heterocycles. The maximum atomic E-state index is 5.31. The van der Waals surface area contributed by atoms with Crippen molar-refractivity contribution in [2.24, 2.45) is 0 Å². The fourth-order valence-electron chi connectivity index (χ4n) is 1.78. The van der Waals surface area contributed by atoms with E-state index in [-0.39, 0.29) is 6.04 Å². The topological polar surface area (TPSA) is 37.0 Å². The molecule has 2 N–H and O–H groups in total. The van der Waals surface area contributed by atoms with Gasteiger partial charge in [0.15, 0.2) is 5.11 Å². The Kier molecular flexibility index (Phi) is 4.47. The van der Waals surface area contributed by atoms with Gasteiger partial charge >= 0.3 is 0 Å². The SMILES string of the molecule is Cc1cccnc1NC(=S)N[C@H](C)c1ccccc1. The van der Waals surface area contributed by atoms with Gasteiger partial charge in [0.05, 0.1) is 6.04 Å². The molecule has 4 heteroatoms. The quantitative estimate of drug-likeness (QED) is 0.839. The van der Waals surface area contributed by atoms with Crippen molar-refractivity contribution in [1.82, 2.24) is 10.3 Å². The van der Waals surface area contributed by atoms with Crippen molar-refractivity contribution in [2.45, 2.75) is 19.9 Å². The molecule has 0 aliphatic heterocycles. The van der Waals surface area contributed by atoms with Gasteiger partial charge in [-0.15, -0.1) is 0 Å². The molecule has 3 nitrogen and oxygen atoms in total. The Bertz CT molecular complexity index is 554. The van der Waals surface area contributed by atoms with Crippen LogP contribution in [0.1, 0.15) is 24.1 Å². The molecule has 0 spiro atoms. The minimum absolute atomic E-state index is 0.158. The molecule has 2 rings (SSSR count). The van der Waals surface area contributed by atoms with E-state index in [1.54, 1.807) is 6.20 Å². The molecule has 2 aromatic rings. The van der Waals surface area contributed by atoms with Crippen molar-refractivity contribution in [2.75, 3.05) is 5.32 Å². The van der Waals surface area contributed by atoms with Gasteiger partial charge in [0, 0.05) is 6.20 Å². The van der Waals surface area contributed by atoms with E-state index in [1.807, 2.05) is 37.3 Å². The van der Waals surface area contributed by atoms with Gasteiger partial charge in [0.25, 0.3) is 0 Å². The highest BCUT2D eigenvalue weighted by Gasteiger charge is 2.07. The summed E-state index contributed by atoms with van der Waals surface area (Å²) >= 11 is 5.31. The molecule has 0 bridgehead atoms. The molecular formula is C15H17N3S. The number of pyridine rings is 1. The zero-order valence-electron chi connectivity index (χ0n) is 11.1. The molecule has 1 aromatic heterocycles. The Morgan fingerprint density at radius 2 is 1.89 bits per heavy atom. The van der Waals surface area contributed by atoms with E-state index >= 15 is 0 Å². The first-order chi connectivity index (χ1) is 9.16. The minimum atomic E-state index is 0.158. The average molecular weight is 271 g/mol. The van der Waals surface area contributed by atoms with Crippen molar-refractivity contribution in [1.29, 1.82) is 0 Å². The third-order valence-corrected chi connectivity index (χ3v) is 3.11. The van der Waals surface area contributed by atoms with Crippen LogP contribution in [0.3, 0.4) is 0 Å². The van der Waals surface area contributed by atoms with E-state index in [2.05, 4.69) is 34.7 Å². The second-order valence-corrected chi connectivity index (χ2v) is 4.81. The van der Waals surface area contributed by atoms with Crippen LogP contribution in [0.2, 0.25) is 0 Å². The number of anilines is 1. The standard InChI is InChI=1S/C15H17N3S/c1-11-7-6-10-16-14(11)18-15(19)17-12(2)13-8-4-3-5-9-13/h3-10,12H,1-2H3,(H2,16,17,18,19)/t12-/m1/s1. The number of thiocarbonyl (C=S) groups is 1. The first-order valence-corrected chi connectivity index (χ1v) is 6.61. The second-order valence-electron chi connectivity index (χ2n) is 4.40. The first-order valence-electron chi connectivity index (χ1n) is 6.21. The Morgan fingerprint density at radius 3 is 2.58 bits per heavy atom. The molecule has 0 aliphatic carbocycles. The molecular weight excluding hydrogens is 254 g/mol. The third kappa shape index (κ3) is 3.76. The molecule has 0 aliphatic rings. The van der Waals surface area contributed by atoms with E-state index in [0.29, 0.717) is 5.11 Å². The molecule has 1 aromatic carbocycles. The van der Waals surface area contributed by atoms with Crippen LogP contribution in [0, 0.1) is 6.92 Å². The van der Waals surface area contributed by atoms with Gasteiger partial charge in [-0.25, -0.2) is 4.98 Å². The number of hydrogen-bond donors (Lipinski definition) is 2. The summed E-state index contributed by atoms with van der Waals surface area (Å²) < 4.78 is 0. The molecule has 98 valence electrons. The van der Waals surface area contributed by atoms with E-state index in [1.165, 1.54) is 5.56 Å². The highest BCUT2D eigenvalue weighted by molar-refractivity contribution is 7.80. The summed E-state index contributed by atoms with van der Waals surface area (Å²) in [6, 6.07) is 14.3. The van der Waals surface area contributed by atoms with Crippen molar-refractivity contribution in [3.63, 3.8) is 0 Å². The molecule has 0 saturated heterocycles.